The molecule has 0 spiro atoms. The van der Waals surface area contributed by atoms with Gasteiger partial charge in [-0.05, 0) is 98.7 Å². The Hall–Kier alpha value is -1.23. The lowest BCUT2D eigenvalue weighted by molar-refractivity contribution is -0.158. The highest BCUT2D eigenvalue weighted by Gasteiger charge is 2.58. The van der Waals surface area contributed by atoms with Crippen LogP contribution in [-0.4, -0.2) is 26.7 Å². The van der Waals surface area contributed by atoms with E-state index >= 15 is 0 Å². The number of hydrogen-bond donors (Lipinski definition) is 1. The Bertz CT molecular complexity index is 780. The maximum absolute atomic E-state index is 13.4. The number of aliphatic hydroxyl groups is 1. The highest BCUT2D eigenvalue weighted by molar-refractivity contribution is 5.16. The Kier molecular flexibility index (Phi) is 5.11. The molecule has 8 atom stereocenters. The molecule has 4 fully saturated rings. The average Bonchev–Trinajstić information content (AvgIpc) is 3.34. The summed E-state index contributed by atoms with van der Waals surface area (Å²) < 4.78 is 29.0. The minimum atomic E-state index is -2.61. The summed E-state index contributed by atoms with van der Waals surface area (Å²) in [5.74, 6) is 3.53. The fourth-order valence-electron chi connectivity index (χ4n) is 8.50. The minimum absolute atomic E-state index is 0.279. The van der Waals surface area contributed by atoms with Gasteiger partial charge >= 0.3 is 0 Å². The molecule has 0 aromatic carbocycles. The fourth-order valence-corrected chi connectivity index (χ4v) is 8.50. The standard InChI is InChI=1S/C25H36F2N2O/c1-16(14-29-12-11-28-15-29)21-5-6-22-20-4-3-17-13-25(30,23(26)27)10-8-18(17)19(20)7-9-24(21,22)2/h11-12,15,17-23,30H,1,3-10,13-14H2,2H3/t17-,18-,19+,20+,21+,22-,24+,25+/m0/s1. The van der Waals surface area contributed by atoms with Crippen molar-refractivity contribution in [2.24, 2.45) is 40.9 Å². The molecule has 0 aliphatic heterocycles. The molecule has 0 amide bonds. The Morgan fingerprint density at radius 1 is 1.13 bits per heavy atom. The summed E-state index contributed by atoms with van der Waals surface area (Å²) in [6.45, 7) is 7.87. The van der Waals surface area contributed by atoms with Crippen LogP contribution in [-0.2, 0) is 6.54 Å². The zero-order valence-electron chi connectivity index (χ0n) is 18.1. The lowest BCUT2D eigenvalue weighted by Crippen LogP contribution is -2.52. The van der Waals surface area contributed by atoms with E-state index in [1.165, 1.54) is 31.3 Å². The van der Waals surface area contributed by atoms with E-state index in [0.29, 0.717) is 29.6 Å². The van der Waals surface area contributed by atoms with Crippen LogP contribution in [0.3, 0.4) is 0 Å². The first-order valence-electron chi connectivity index (χ1n) is 12.0. The van der Waals surface area contributed by atoms with Crippen LogP contribution < -0.4 is 0 Å². The molecule has 1 aromatic heterocycles. The number of rotatable bonds is 4. The second-order valence-electron chi connectivity index (χ2n) is 11.2. The van der Waals surface area contributed by atoms with Gasteiger partial charge in [-0.25, -0.2) is 13.8 Å². The summed E-state index contributed by atoms with van der Waals surface area (Å²) in [5, 5.41) is 10.4. The van der Waals surface area contributed by atoms with Crippen molar-refractivity contribution < 1.29 is 13.9 Å². The summed E-state index contributed by atoms with van der Waals surface area (Å²) in [4.78, 5) is 4.17. The maximum atomic E-state index is 13.4. The number of hydrogen-bond acceptors (Lipinski definition) is 2. The third kappa shape index (κ3) is 3.18. The van der Waals surface area contributed by atoms with Crippen molar-refractivity contribution in [2.45, 2.75) is 83.3 Å². The average molecular weight is 419 g/mol. The van der Waals surface area contributed by atoms with Gasteiger partial charge in [0.15, 0.2) is 0 Å². The summed E-state index contributed by atoms with van der Waals surface area (Å²) in [7, 11) is 0. The number of alkyl halides is 2. The van der Waals surface area contributed by atoms with Gasteiger partial charge in [0.1, 0.15) is 5.60 Å². The molecule has 0 radical (unpaired) electrons. The maximum Gasteiger partial charge on any atom is 0.266 e. The van der Waals surface area contributed by atoms with E-state index in [0.717, 1.165) is 37.6 Å². The molecular formula is C25H36F2N2O. The van der Waals surface area contributed by atoms with E-state index in [-0.39, 0.29) is 12.3 Å². The van der Waals surface area contributed by atoms with Crippen LogP contribution >= 0.6 is 0 Å². The Balaban J connectivity index is 1.30. The number of aromatic nitrogens is 2. The van der Waals surface area contributed by atoms with Crippen molar-refractivity contribution in [2.75, 3.05) is 0 Å². The molecule has 0 bridgehead atoms. The number of imidazole rings is 1. The van der Waals surface area contributed by atoms with Crippen molar-refractivity contribution in [3.05, 3.63) is 30.9 Å². The van der Waals surface area contributed by atoms with Crippen LogP contribution in [0, 0.1) is 40.9 Å². The predicted molar refractivity (Wildman–Crippen MR) is 113 cm³/mol. The van der Waals surface area contributed by atoms with E-state index in [1.807, 2.05) is 18.7 Å². The first-order valence-corrected chi connectivity index (χ1v) is 12.0. The molecule has 5 rings (SSSR count). The van der Waals surface area contributed by atoms with Gasteiger partial charge in [-0.3, -0.25) is 0 Å². The van der Waals surface area contributed by atoms with E-state index in [4.69, 9.17) is 0 Å². The van der Waals surface area contributed by atoms with Gasteiger partial charge in [0.25, 0.3) is 6.43 Å². The monoisotopic (exact) mass is 418 g/mol. The van der Waals surface area contributed by atoms with Crippen LogP contribution in [0.4, 0.5) is 8.78 Å². The quantitative estimate of drug-likeness (QED) is 0.637. The van der Waals surface area contributed by atoms with Gasteiger partial charge in [-0.2, -0.15) is 0 Å². The third-order valence-electron chi connectivity index (χ3n) is 9.89. The van der Waals surface area contributed by atoms with Crippen LogP contribution in [0.1, 0.15) is 64.7 Å². The van der Waals surface area contributed by atoms with Crippen LogP contribution in [0.25, 0.3) is 0 Å². The second kappa shape index (κ2) is 7.43. The summed E-state index contributed by atoms with van der Waals surface area (Å²) >= 11 is 0. The minimum Gasteiger partial charge on any atom is -0.384 e. The van der Waals surface area contributed by atoms with Crippen LogP contribution in [0.15, 0.2) is 30.9 Å². The Morgan fingerprint density at radius 3 is 2.67 bits per heavy atom. The third-order valence-corrected chi connectivity index (χ3v) is 9.89. The predicted octanol–water partition coefficient (Wildman–Crippen LogP) is 5.70. The molecular weight excluding hydrogens is 382 g/mol. The molecule has 1 N–H and O–H groups in total. The van der Waals surface area contributed by atoms with E-state index in [2.05, 4.69) is 23.1 Å². The van der Waals surface area contributed by atoms with Gasteiger partial charge in [-0.15, -0.1) is 0 Å². The molecule has 1 heterocycles. The summed E-state index contributed by atoms with van der Waals surface area (Å²) in [6, 6.07) is 0. The van der Waals surface area contributed by atoms with E-state index < -0.39 is 12.0 Å². The molecule has 5 heteroatoms. The first kappa shape index (κ1) is 20.7. The SMILES string of the molecule is C=C(Cn1ccnc1)[C@H]1CC[C@H]2[C@@H]3CC[C@H]4C[C@@](O)(C(F)F)CC[C@@H]4[C@H]3CC[C@]12C. The Labute approximate surface area is 179 Å². The zero-order valence-corrected chi connectivity index (χ0v) is 18.1. The smallest absolute Gasteiger partial charge is 0.266 e. The molecule has 1 aromatic rings. The van der Waals surface area contributed by atoms with Gasteiger partial charge in [0.05, 0.1) is 6.33 Å². The van der Waals surface area contributed by atoms with Crippen LogP contribution in [0.5, 0.6) is 0 Å². The summed E-state index contributed by atoms with van der Waals surface area (Å²) in [5.41, 5.74) is -0.0742. The first-order chi connectivity index (χ1) is 14.3. The fraction of sp³-hybridized carbons (Fsp3) is 0.800. The number of fused-ring (bicyclic) bond motifs is 5. The highest BCUT2D eigenvalue weighted by Crippen LogP contribution is 2.65. The van der Waals surface area contributed by atoms with E-state index in [1.54, 1.807) is 0 Å². The normalized spacial score (nSPS) is 45.6. The number of allylic oxidation sites excluding steroid dienone is 1. The topological polar surface area (TPSA) is 38.0 Å². The summed E-state index contributed by atoms with van der Waals surface area (Å²) in [6.07, 6.45) is 11.6. The molecule has 166 valence electrons. The molecule has 30 heavy (non-hydrogen) atoms. The van der Waals surface area contributed by atoms with Crippen molar-refractivity contribution >= 4 is 0 Å². The van der Waals surface area contributed by atoms with Gasteiger partial charge in [-0.1, -0.05) is 19.1 Å². The molecule has 0 unspecified atom stereocenters. The van der Waals surface area contributed by atoms with Crippen LogP contribution in [0.2, 0.25) is 0 Å². The second-order valence-corrected chi connectivity index (χ2v) is 11.2. The van der Waals surface area contributed by atoms with Crippen molar-refractivity contribution in [3.63, 3.8) is 0 Å². The van der Waals surface area contributed by atoms with Gasteiger partial charge < -0.3 is 9.67 Å². The number of nitrogens with zero attached hydrogens (tertiary/aromatic N) is 2. The highest BCUT2D eigenvalue weighted by atomic mass is 19.3. The molecule has 4 aliphatic rings. The van der Waals surface area contributed by atoms with Gasteiger partial charge in [0.2, 0.25) is 0 Å². The molecule has 0 saturated heterocycles. The molecule has 3 nitrogen and oxygen atoms in total. The van der Waals surface area contributed by atoms with E-state index in [9.17, 15) is 13.9 Å². The Morgan fingerprint density at radius 2 is 1.93 bits per heavy atom. The largest absolute Gasteiger partial charge is 0.384 e. The van der Waals surface area contributed by atoms with Crippen molar-refractivity contribution in [1.82, 2.24) is 9.55 Å². The molecule has 4 saturated carbocycles. The van der Waals surface area contributed by atoms with Gasteiger partial charge in [0, 0.05) is 18.9 Å². The lowest BCUT2D eigenvalue weighted by atomic mass is 9.48. The zero-order chi connectivity index (χ0) is 21.1. The number of halogens is 2. The lowest BCUT2D eigenvalue weighted by Gasteiger charge is -2.57. The van der Waals surface area contributed by atoms with Crippen molar-refractivity contribution in [3.8, 4) is 0 Å². The molecule has 4 aliphatic carbocycles. The van der Waals surface area contributed by atoms with Crippen molar-refractivity contribution in [1.29, 1.82) is 0 Å².